The Hall–Kier alpha value is -2.44. The lowest BCUT2D eigenvalue weighted by Gasteiger charge is -2.06. The van der Waals surface area contributed by atoms with Gasteiger partial charge in [0.1, 0.15) is 5.75 Å². The number of fused-ring (bicyclic) bond motifs is 2. The van der Waals surface area contributed by atoms with Gasteiger partial charge in [-0.25, -0.2) is 4.98 Å². The number of carbonyl (C=O) groups is 1. The van der Waals surface area contributed by atoms with E-state index in [1.807, 2.05) is 61.5 Å². The Morgan fingerprint density at radius 3 is 2.92 bits per heavy atom. The summed E-state index contributed by atoms with van der Waals surface area (Å²) in [5, 5.41) is 5.42. The molecule has 4 nitrogen and oxygen atoms in total. The molecule has 6 heteroatoms. The van der Waals surface area contributed by atoms with E-state index in [1.54, 1.807) is 0 Å². The minimum Gasteiger partial charge on any atom is -0.494 e. The van der Waals surface area contributed by atoms with Gasteiger partial charge in [0.15, 0.2) is 5.13 Å². The lowest BCUT2D eigenvalue weighted by Crippen LogP contribution is -2.12. The van der Waals surface area contributed by atoms with E-state index >= 15 is 0 Å². The number of hydrogen-bond acceptors (Lipinski definition) is 4. The van der Waals surface area contributed by atoms with Crippen LogP contribution in [-0.4, -0.2) is 17.5 Å². The first-order valence-corrected chi connectivity index (χ1v) is 9.78. The number of nitrogens with zero attached hydrogens (tertiary/aromatic N) is 1. The zero-order chi connectivity index (χ0) is 18.1. The van der Waals surface area contributed by atoms with Crippen molar-refractivity contribution in [3.63, 3.8) is 0 Å². The van der Waals surface area contributed by atoms with Crippen LogP contribution in [0.4, 0.5) is 5.13 Å². The Morgan fingerprint density at radius 1 is 1.19 bits per heavy atom. The van der Waals surface area contributed by atoms with Gasteiger partial charge < -0.3 is 4.74 Å². The summed E-state index contributed by atoms with van der Waals surface area (Å²) in [5.41, 5.74) is 1.47. The van der Waals surface area contributed by atoms with Gasteiger partial charge in [-0.15, -0.1) is 0 Å². The van der Waals surface area contributed by atoms with Crippen LogP contribution in [0.5, 0.6) is 5.75 Å². The average Bonchev–Trinajstić information content (AvgIpc) is 3.02. The molecule has 0 saturated heterocycles. The standard InChI is InChI=1S/C20H15BrN2O2S/c1-2-25-14-7-9-17-18(11-14)26-20(22-17)23-19(24)16-5-3-4-12-10-13(21)6-8-15(12)16/h3-11H,2H2,1H3,(H,22,23,24). The quantitative estimate of drug-likeness (QED) is 0.444. The van der Waals surface area contributed by atoms with Crippen LogP contribution in [0.2, 0.25) is 0 Å². The average molecular weight is 427 g/mol. The van der Waals surface area contributed by atoms with E-state index in [2.05, 4.69) is 26.2 Å². The Labute approximate surface area is 162 Å². The molecule has 4 aromatic rings. The van der Waals surface area contributed by atoms with Crippen molar-refractivity contribution in [1.82, 2.24) is 4.98 Å². The molecule has 1 aromatic heterocycles. The van der Waals surface area contributed by atoms with E-state index in [9.17, 15) is 4.79 Å². The van der Waals surface area contributed by atoms with Crippen molar-refractivity contribution in [3.05, 3.63) is 64.6 Å². The van der Waals surface area contributed by atoms with Gasteiger partial charge in [0.05, 0.1) is 16.8 Å². The maximum atomic E-state index is 12.8. The number of aromatic nitrogens is 1. The van der Waals surface area contributed by atoms with Crippen LogP contribution in [0, 0.1) is 0 Å². The maximum absolute atomic E-state index is 12.8. The summed E-state index contributed by atoms with van der Waals surface area (Å²) in [6.07, 6.45) is 0. The summed E-state index contributed by atoms with van der Waals surface area (Å²) < 4.78 is 7.48. The van der Waals surface area contributed by atoms with Gasteiger partial charge in [0.25, 0.3) is 5.91 Å². The zero-order valence-corrected chi connectivity index (χ0v) is 16.4. The van der Waals surface area contributed by atoms with Crippen molar-refractivity contribution in [3.8, 4) is 5.75 Å². The van der Waals surface area contributed by atoms with Crippen LogP contribution in [0.15, 0.2) is 59.1 Å². The second-order valence-electron chi connectivity index (χ2n) is 5.71. The fraction of sp³-hybridized carbons (Fsp3) is 0.100. The second kappa shape index (κ2) is 7.05. The molecule has 0 bridgehead atoms. The SMILES string of the molecule is CCOc1ccc2nc(NC(=O)c3cccc4cc(Br)ccc34)sc2c1. The Kier molecular flexibility index (Phi) is 4.61. The fourth-order valence-electron chi connectivity index (χ4n) is 2.83. The lowest BCUT2D eigenvalue weighted by atomic mass is 10.0. The van der Waals surface area contributed by atoms with Crippen LogP contribution in [0.3, 0.4) is 0 Å². The molecule has 0 aliphatic rings. The van der Waals surface area contributed by atoms with Crippen LogP contribution in [-0.2, 0) is 0 Å². The van der Waals surface area contributed by atoms with Crippen molar-refractivity contribution in [2.24, 2.45) is 0 Å². The number of anilines is 1. The molecule has 1 N–H and O–H groups in total. The minimum absolute atomic E-state index is 0.165. The van der Waals surface area contributed by atoms with Gasteiger partial charge in [0.2, 0.25) is 0 Å². The van der Waals surface area contributed by atoms with Crippen LogP contribution in [0.1, 0.15) is 17.3 Å². The van der Waals surface area contributed by atoms with E-state index in [-0.39, 0.29) is 5.91 Å². The molecule has 0 atom stereocenters. The van der Waals surface area contributed by atoms with Crippen LogP contribution < -0.4 is 10.1 Å². The number of rotatable bonds is 4. The number of ether oxygens (including phenoxy) is 1. The minimum atomic E-state index is -0.165. The third-order valence-corrected chi connectivity index (χ3v) is 5.41. The molecular formula is C20H15BrN2O2S. The highest BCUT2D eigenvalue weighted by Crippen LogP contribution is 2.30. The molecule has 0 unspecified atom stereocenters. The van der Waals surface area contributed by atoms with Crippen LogP contribution in [0.25, 0.3) is 21.0 Å². The first-order chi connectivity index (χ1) is 12.6. The number of halogens is 1. The Bertz CT molecular complexity index is 1120. The number of benzene rings is 3. The lowest BCUT2D eigenvalue weighted by molar-refractivity contribution is 0.102. The number of amides is 1. The smallest absolute Gasteiger partial charge is 0.258 e. The van der Waals surface area contributed by atoms with E-state index < -0.39 is 0 Å². The molecule has 4 rings (SSSR count). The molecular weight excluding hydrogens is 412 g/mol. The molecule has 0 aliphatic heterocycles. The van der Waals surface area contributed by atoms with Gasteiger partial charge in [-0.05, 0) is 54.1 Å². The maximum Gasteiger partial charge on any atom is 0.258 e. The fourth-order valence-corrected chi connectivity index (χ4v) is 4.10. The number of carbonyl (C=O) groups excluding carboxylic acids is 1. The highest BCUT2D eigenvalue weighted by Gasteiger charge is 2.13. The second-order valence-corrected chi connectivity index (χ2v) is 7.65. The van der Waals surface area contributed by atoms with E-state index in [0.29, 0.717) is 17.3 Å². The van der Waals surface area contributed by atoms with Gasteiger partial charge in [-0.2, -0.15) is 0 Å². The van der Waals surface area contributed by atoms with Crippen molar-refractivity contribution < 1.29 is 9.53 Å². The number of hydrogen-bond donors (Lipinski definition) is 1. The topological polar surface area (TPSA) is 51.2 Å². The molecule has 0 radical (unpaired) electrons. The predicted octanol–water partition coefficient (Wildman–Crippen LogP) is 5.86. The van der Waals surface area contributed by atoms with Crippen LogP contribution >= 0.6 is 27.3 Å². The molecule has 26 heavy (non-hydrogen) atoms. The molecule has 0 aliphatic carbocycles. The monoisotopic (exact) mass is 426 g/mol. The Balaban J connectivity index is 1.65. The first kappa shape index (κ1) is 17.0. The molecule has 130 valence electrons. The Morgan fingerprint density at radius 2 is 2.08 bits per heavy atom. The number of nitrogens with one attached hydrogen (secondary N) is 1. The van der Waals surface area contributed by atoms with Crippen molar-refractivity contribution in [2.45, 2.75) is 6.92 Å². The molecule has 1 heterocycles. The molecule has 3 aromatic carbocycles. The normalized spacial score (nSPS) is 11.0. The highest BCUT2D eigenvalue weighted by atomic mass is 79.9. The molecule has 1 amide bonds. The van der Waals surface area contributed by atoms with Gasteiger partial charge in [0, 0.05) is 10.0 Å². The van der Waals surface area contributed by atoms with Crippen molar-refractivity contribution >= 4 is 59.3 Å². The third-order valence-electron chi connectivity index (χ3n) is 3.98. The molecule has 0 saturated carbocycles. The van der Waals surface area contributed by atoms with E-state index in [4.69, 9.17) is 4.74 Å². The largest absolute Gasteiger partial charge is 0.494 e. The summed E-state index contributed by atoms with van der Waals surface area (Å²) >= 11 is 4.90. The third kappa shape index (κ3) is 3.30. The van der Waals surface area contributed by atoms with Gasteiger partial charge in [-0.1, -0.05) is 45.5 Å². The van der Waals surface area contributed by atoms with Crippen molar-refractivity contribution in [2.75, 3.05) is 11.9 Å². The van der Waals surface area contributed by atoms with E-state index in [0.717, 1.165) is 31.2 Å². The van der Waals surface area contributed by atoms with Gasteiger partial charge in [-0.3, -0.25) is 10.1 Å². The summed E-state index contributed by atoms with van der Waals surface area (Å²) in [7, 11) is 0. The summed E-state index contributed by atoms with van der Waals surface area (Å²) in [6, 6.07) is 17.3. The molecule has 0 spiro atoms. The molecule has 0 fully saturated rings. The summed E-state index contributed by atoms with van der Waals surface area (Å²) in [4.78, 5) is 17.3. The highest BCUT2D eigenvalue weighted by molar-refractivity contribution is 9.10. The summed E-state index contributed by atoms with van der Waals surface area (Å²) in [6.45, 7) is 2.57. The van der Waals surface area contributed by atoms with Crippen molar-refractivity contribution in [1.29, 1.82) is 0 Å². The first-order valence-electron chi connectivity index (χ1n) is 8.17. The van der Waals surface area contributed by atoms with Gasteiger partial charge >= 0.3 is 0 Å². The van der Waals surface area contributed by atoms with E-state index in [1.165, 1.54) is 11.3 Å². The number of thiazole rings is 1. The summed E-state index contributed by atoms with van der Waals surface area (Å²) in [5.74, 6) is 0.642. The zero-order valence-electron chi connectivity index (χ0n) is 14.0. The predicted molar refractivity (Wildman–Crippen MR) is 110 cm³/mol.